The Balaban J connectivity index is 2.17. The molecule has 128 valence electrons. The standard InChI is InChI=1S/C17H16F3NO3/c1-24-14-9-7-12(8-10-14)15(22)21-11-16(23,17(18,19)20)13-5-3-2-4-6-13/h2-10,23H,11H2,1H3,(H,21,22). The molecule has 0 aromatic heterocycles. The van der Waals surface area contributed by atoms with Crippen LogP contribution in [0.4, 0.5) is 13.2 Å². The Bertz CT molecular complexity index is 686. The molecule has 2 rings (SSSR count). The van der Waals surface area contributed by atoms with E-state index in [0.29, 0.717) is 5.75 Å². The number of ether oxygens (including phenoxy) is 1. The first-order chi connectivity index (χ1) is 11.3. The van der Waals surface area contributed by atoms with Gasteiger partial charge in [-0.2, -0.15) is 13.2 Å². The van der Waals surface area contributed by atoms with Crippen LogP contribution in [-0.4, -0.2) is 30.8 Å². The van der Waals surface area contributed by atoms with Gasteiger partial charge in [0, 0.05) is 5.56 Å². The second-order valence-corrected chi connectivity index (χ2v) is 5.14. The van der Waals surface area contributed by atoms with E-state index in [1.54, 1.807) is 0 Å². The molecular formula is C17H16F3NO3. The monoisotopic (exact) mass is 339 g/mol. The fraction of sp³-hybridized carbons (Fsp3) is 0.235. The van der Waals surface area contributed by atoms with Crippen LogP contribution in [0.1, 0.15) is 15.9 Å². The van der Waals surface area contributed by atoms with Gasteiger partial charge < -0.3 is 15.2 Å². The van der Waals surface area contributed by atoms with Gasteiger partial charge in [-0.25, -0.2) is 0 Å². The highest BCUT2D eigenvalue weighted by molar-refractivity contribution is 5.94. The molecule has 0 spiro atoms. The third kappa shape index (κ3) is 3.68. The second kappa shape index (κ2) is 6.92. The van der Waals surface area contributed by atoms with Crippen molar-refractivity contribution < 1.29 is 27.8 Å². The molecule has 4 nitrogen and oxygen atoms in total. The van der Waals surface area contributed by atoms with Crippen LogP contribution in [-0.2, 0) is 5.60 Å². The third-order valence-electron chi connectivity index (χ3n) is 3.58. The lowest BCUT2D eigenvalue weighted by atomic mass is 9.93. The normalized spacial score (nSPS) is 13.9. The highest BCUT2D eigenvalue weighted by Crippen LogP contribution is 2.38. The van der Waals surface area contributed by atoms with E-state index in [2.05, 4.69) is 5.32 Å². The summed E-state index contributed by atoms with van der Waals surface area (Å²) in [5.74, 6) is -0.209. The van der Waals surface area contributed by atoms with Gasteiger partial charge in [0.1, 0.15) is 5.75 Å². The zero-order valence-corrected chi connectivity index (χ0v) is 12.8. The van der Waals surface area contributed by atoms with Gasteiger partial charge in [0.15, 0.2) is 0 Å². The second-order valence-electron chi connectivity index (χ2n) is 5.14. The molecule has 0 aliphatic heterocycles. The van der Waals surface area contributed by atoms with Gasteiger partial charge in [-0.15, -0.1) is 0 Å². The first-order valence-electron chi connectivity index (χ1n) is 7.05. The first-order valence-corrected chi connectivity index (χ1v) is 7.05. The highest BCUT2D eigenvalue weighted by Gasteiger charge is 2.55. The number of aliphatic hydroxyl groups is 1. The fourth-order valence-electron chi connectivity index (χ4n) is 2.13. The summed E-state index contributed by atoms with van der Waals surface area (Å²) in [7, 11) is 1.46. The lowest BCUT2D eigenvalue weighted by Crippen LogP contribution is -2.51. The van der Waals surface area contributed by atoms with E-state index in [9.17, 15) is 23.1 Å². The molecule has 0 aliphatic carbocycles. The number of carbonyl (C=O) groups is 1. The Kier molecular flexibility index (Phi) is 5.14. The van der Waals surface area contributed by atoms with E-state index in [1.165, 1.54) is 49.6 Å². The maximum Gasteiger partial charge on any atom is 0.423 e. The number of methoxy groups -OCH3 is 1. The summed E-state index contributed by atoms with van der Waals surface area (Å²) >= 11 is 0. The SMILES string of the molecule is COc1ccc(C(=O)NCC(O)(c2ccccc2)C(F)(F)F)cc1. The Labute approximate surface area is 136 Å². The molecule has 0 aliphatic rings. The average molecular weight is 339 g/mol. The summed E-state index contributed by atoms with van der Waals surface area (Å²) < 4.78 is 44.9. The molecule has 7 heteroatoms. The highest BCUT2D eigenvalue weighted by atomic mass is 19.4. The number of rotatable bonds is 5. The molecule has 0 saturated heterocycles. The van der Waals surface area contributed by atoms with Gasteiger partial charge in [-0.1, -0.05) is 30.3 Å². The minimum Gasteiger partial charge on any atom is -0.497 e. The summed E-state index contributed by atoms with van der Waals surface area (Å²) in [6.45, 7) is -0.995. The van der Waals surface area contributed by atoms with Crippen molar-refractivity contribution in [3.63, 3.8) is 0 Å². The fourth-order valence-corrected chi connectivity index (χ4v) is 2.13. The van der Waals surface area contributed by atoms with E-state index in [4.69, 9.17) is 4.74 Å². The average Bonchev–Trinajstić information content (AvgIpc) is 2.59. The van der Waals surface area contributed by atoms with Crippen LogP contribution in [0, 0.1) is 0 Å². The number of benzene rings is 2. The van der Waals surface area contributed by atoms with Gasteiger partial charge >= 0.3 is 6.18 Å². The molecule has 0 heterocycles. The van der Waals surface area contributed by atoms with Gasteiger partial charge in [0.05, 0.1) is 13.7 Å². The van der Waals surface area contributed by atoms with E-state index in [1.807, 2.05) is 0 Å². The number of amides is 1. The number of carbonyl (C=O) groups excluding carboxylic acids is 1. The topological polar surface area (TPSA) is 58.6 Å². The summed E-state index contributed by atoms with van der Waals surface area (Å²) in [5, 5.41) is 12.3. The van der Waals surface area contributed by atoms with E-state index < -0.39 is 24.2 Å². The molecule has 0 saturated carbocycles. The Morgan fingerprint density at radius 2 is 1.67 bits per heavy atom. The van der Waals surface area contributed by atoms with Crippen molar-refractivity contribution in [3.05, 3.63) is 65.7 Å². The van der Waals surface area contributed by atoms with Gasteiger partial charge in [-0.05, 0) is 29.8 Å². The smallest absolute Gasteiger partial charge is 0.423 e. The van der Waals surface area contributed by atoms with Crippen LogP contribution in [0.25, 0.3) is 0 Å². The summed E-state index contributed by atoms with van der Waals surface area (Å²) in [5.41, 5.74) is -3.35. The molecule has 24 heavy (non-hydrogen) atoms. The summed E-state index contributed by atoms with van der Waals surface area (Å²) in [6, 6.07) is 12.5. The van der Waals surface area contributed by atoms with Crippen molar-refractivity contribution in [2.24, 2.45) is 0 Å². The number of nitrogens with one attached hydrogen (secondary N) is 1. The summed E-state index contributed by atoms with van der Waals surface area (Å²) in [6.07, 6.45) is -4.94. The Hall–Kier alpha value is -2.54. The van der Waals surface area contributed by atoms with E-state index in [-0.39, 0.29) is 11.1 Å². The van der Waals surface area contributed by atoms with Crippen LogP contribution >= 0.6 is 0 Å². The quantitative estimate of drug-likeness (QED) is 0.881. The largest absolute Gasteiger partial charge is 0.497 e. The van der Waals surface area contributed by atoms with Crippen molar-refractivity contribution in [2.75, 3.05) is 13.7 Å². The molecule has 1 atom stereocenters. The molecule has 1 unspecified atom stereocenters. The molecular weight excluding hydrogens is 323 g/mol. The van der Waals surface area contributed by atoms with Crippen molar-refractivity contribution in [1.82, 2.24) is 5.32 Å². The van der Waals surface area contributed by atoms with E-state index in [0.717, 1.165) is 12.1 Å². The van der Waals surface area contributed by atoms with Crippen LogP contribution in [0.15, 0.2) is 54.6 Å². The van der Waals surface area contributed by atoms with Crippen molar-refractivity contribution in [2.45, 2.75) is 11.8 Å². The van der Waals surface area contributed by atoms with Crippen LogP contribution < -0.4 is 10.1 Å². The summed E-state index contributed by atoms with van der Waals surface area (Å²) in [4.78, 5) is 12.0. The molecule has 0 bridgehead atoms. The zero-order valence-electron chi connectivity index (χ0n) is 12.8. The number of alkyl halides is 3. The lowest BCUT2D eigenvalue weighted by molar-refractivity contribution is -0.263. The third-order valence-corrected chi connectivity index (χ3v) is 3.58. The molecule has 2 aromatic carbocycles. The lowest BCUT2D eigenvalue weighted by Gasteiger charge is -2.31. The van der Waals surface area contributed by atoms with Crippen molar-refractivity contribution >= 4 is 5.91 Å². The molecule has 0 fully saturated rings. The molecule has 1 amide bonds. The van der Waals surface area contributed by atoms with Gasteiger partial charge in [0.25, 0.3) is 5.91 Å². The zero-order chi connectivity index (χ0) is 17.8. The number of halogens is 3. The maximum atomic E-state index is 13.3. The van der Waals surface area contributed by atoms with Gasteiger partial charge in [0.2, 0.25) is 5.60 Å². The molecule has 2 N–H and O–H groups in total. The Morgan fingerprint density at radius 3 is 2.17 bits per heavy atom. The minimum atomic E-state index is -4.94. The number of hydrogen-bond acceptors (Lipinski definition) is 3. The molecule has 2 aromatic rings. The molecule has 0 radical (unpaired) electrons. The van der Waals surface area contributed by atoms with Crippen LogP contribution in [0.5, 0.6) is 5.75 Å². The first kappa shape index (κ1) is 17.8. The van der Waals surface area contributed by atoms with E-state index >= 15 is 0 Å². The van der Waals surface area contributed by atoms with Crippen molar-refractivity contribution in [1.29, 1.82) is 0 Å². The minimum absolute atomic E-state index is 0.161. The number of hydrogen-bond donors (Lipinski definition) is 2. The Morgan fingerprint density at radius 1 is 1.08 bits per heavy atom. The van der Waals surface area contributed by atoms with Gasteiger partial charge in [-0.3, -0.25) is 4.79 Å². The van der Waals surface area contributed by atoms with Crippen molar-refractivity contribution in [3.8, 4) is 5.75 Å². The van der Waals surface area contributed by atoms with Crippen LogP contribution in [0.2, 0.25) is 0 Å². The predicted molar refractivity (Wildman–Crippen MR) is 81.7 cm³/mol. The predicted octanol–water partition coefficient (Wildman–Crippen LogP) is 2.88. The maximum absolute atomic E-state index is 13.3. The van der Waals surface area contributed by atoms with Crippen LogP contribution in [0.3, 0.4) is 0 Å².